The number of nitrogens with zero attached hydrogens (tertiary/aromatic N) is 3. The third kappa shape index (κ3) is 3.68. The summed E-state index contributed by atoms with van der Waals surface area (Å²) in [6.07, 6.45) is 0.486. The second-order valence-electron chi connectivity index (χ2n) is 6.25. The maximum absolute atomic E-state index is 12.4. The van der Waals surface area contributed by atoms with E-state index in [0.717, 1.165) is 21.8 Å². The molecule has 0 atom stereocenters. The summed E-state index contributed by atoms with van der Waals surface area (Å²) in [5.74, 6) is 0.669. The Morgan fingerprint density at radius 3 is 2.68 bits per heavy atom. The molecule has 28 heavy (non-hydrogen) atoms. The minimum atomic E-state index is -3.66. The fourth-order valence-electron chi connectivity index (χ4n) is 2.89. The number of thiazole rings is 1. The Morgan fingerprint density at radius 2 is 1.89 bits per heavy atom. The molecule has 0 aliphatic carbocycles. The van der Waals surface area contributed by atoms with E-state index in [-0.39, 0.29) is 16.5 Å². The number of hydrogen-bond acceptors (Lipinski definition) is 5. The van der Waals surface area contributed by atoms with E-state index in [9.17, 15) is 8.42 Å². The van der Waals surface area contributed by atoms with Crippen molar-refractivity contribution >= 4 is 37.9 Å². The summed E-state index contributed by atoms with van der Waals surface area (Å²) in [7, 11) is -3.66. The highest BCUT2D eigenvalue weighted by Crippen LogP contribution is 2.24. The van der Waals surface area contributed by atoms with Crippen LogP contribution in [0.5, 0.6) is 0 Å². The van der Waals surface area contributed by atoms with Crippen molar-refractivity contribution in [1.29, 1.82) is 0 Å². The number of aromatic nitrogens is 3. The lowest BCUT2D eigenvalue weighted by atomic mass is 10.1. The van der Waals surface area contributed by atoms with Gasteiger partial charge < -0.3 is 0 Å². The van der Waals surface area contributed by atoms with Gasteiger partial charge in [0, 0.05) is 23.9 Å². The Labute approximate surface area is 171 Å². The Hall–Kier alpha value is -2.26. The second-order valence-corrected chi connectivity index (χ2v) is 9.23. The fraction of sp³-hybridized carbons (Fsp3) is 0.158. The van der Waals surface area contributed by atoms with Crippen LogP contribution in [0.25, 0.3) is 16.3 Å². The molecule has 2 aromatic heterocycles. The molecule has 2 heterocycles. The van der Waals surface area contributed by atoms with Crippen molar-refractivity contribution in [2.75, 3.05) is 6.54 Å². The normalized spacial score (nSPS) is 11.9. The van der Waals surface area contributed by atoms with E-state index in [1.165, 1.54) is 17.4 Å². The summed E-state index contributed by atoms with van der Waals surface area (Å²) in [5, 5.41) is 6.75. The molecule has 6 nitrogen and oxygen atoms in total. The molecule has 0 aliphatic rings. The van der Waals surface area contributed by atoms with E-state index in [0.29, 0.717) is 12.2 Å². The van der Waals surface area contributed by atoms with Crippen LogP contribution in [0.2, 0.25) is 5.02 Å². The zero-order chi connectivity index (χ0) is 19.7. The van der Waals surface area contributed by atoms with Crippen LogP contribution in [0.15, 0.2) is 58.8 Å². The van der Waals surface area contributed by atoms with Gasteiger partial charge in [0.15, 0.2) is 5.82 Å². The highest BCUT2D eigenvalue weighted by molar-refractivity contribution is 7.89. The number of sulfonamides is 1. The van der Waals surface area contributed by atoms with Crippen LogP contribution in [0.3, 0.4) is 0 Å². The quantitative estimate of drug-likeness (QED) is 0.500. The largest absolute Gasteiger partial charge is 0.242 e. The summed E-state index contributed by atoms with van der Waals surface area (Å²) in [6.45, 7) is 2.26. The number of rotatable bonds is 6. The monoisotopic (exact) mass is 432 g/mol. The van der Waals surface area contributed by atoms with Gasteiger partial charge in [-0.3, -0.25) is 0 Å². The van der Waals surface area contributed by atoms with Crippen molar-refractivity contribution in [2.24, 2.45) is 0 Å². The summed E-state index contributed by atoms with van der Waals surface area (Å²) in [6, 6.07) is 14.3. The number of aryl methyl sites for hydroxylation is 1. The van der Waals surface area contributed by atoms with Crippen molar-refractivity contribution in [3.63, 3.8) is 0 Å². The average molecular weight is 433 g/mol. The van der Waals surface area contributed by atoms with Gasteiger partial charge in [0.1, 0.15) is 4.90 Å². The molecule has 0 amide bonds. The molecule has 0 saturated carbocycles. The Balaban J connectivity index is 1.52. The van der Waals surface area contributed by atoms with Crippen LogP contribution in [0.4, 0.5) is 0 Å². The first-order valence-corrected chi connectivity index (χ1v) is 11.3. The van der Waals surface area contributed by atoms with Gasteiger partial charge in [-0.05, 0) is 24.6 Å². The van der Waals surface area contributed by atoms with Gasteiger partial charge in [0.25, 0.3) is 0 Å². The maximum atomic E-state index is 12.4. The first kappa shape index (κ1) is 19.1. The molecule has 0 unspecified atom stereocenters. The van der Waals surface area contributed by atoms with E-state index in [4.69, 9.17) is 11.6 Å². The number of hydrogen-bond donors (Lipinski definition) is 1. The van der Waals surface area contributed by atoms with Crippen LogP contribution < -0.4 is 4.72 Å². The minimum Gasteiger partial charge on any atom is -0.211 e. The van der Waals surface area contributed by atoms with E-state index in [2.05, 4.69) is 14.8 Å². The molecule has 144 valence electrons. The molecule has 0 fully saturated rings. The first-order chi connectivity index (χ1) is 13.5. The van der Waals surface area contributed by atoms with Gasteiger partial charge in [-0.2, -0.15) is 4.98 Å². The predicted octanol–water partition coefficient (Wildman–Crippen LogP) is 3.94. The van der Waals surface area contributed by atoms with Crippen LogP contribution >= 0.6 is 22.9 Å². The van der Waals surface area contributed by atoms with Gasteiger partial charge >= 0.3 is 0 Å². The van der Waals surface area contributed by atoms with Crippen LogP contribution in [-0.2, 0) is 16.4 Å². The molecule has 0 radical (unpaired) electrons. The number of halogens is 1. The summed E-state index contributed by atoms with van der Waals surface area (Å²) in [5.41, 5.74) is 2.99. The van der Waals surface area contributed by atoms with Crippen LogP contribution in [0, 0.1) is 6.92 Å². The number of fused-ring (bicyclic) bond motifs is 1. The average Bonchev–Trinajstić information content (AvgIpc) is 3.24. The zero-order valence-corrected chi connectivity index (χ0v) is 17.4. The SMILES string of the molecule is Cc1ccccc1-c1nc2scc(CCNS(=O)(=O)c3ccccc3Cl)n2n1. The molecule has 0 saturated heterocycles. The van der Waals surface area contributed by atoms with Gasteiger partial charge in [0.05, 0.1) is 10.7 Å². The van der Waals surface area contributed by atoms with Crippen LogP contribution in [-0.4, -0.2) is 29.6 Å². The van der Waals surface area contributed by atoms with Crippen molar-refractivity contribution in [1.82, 2.24) is 19.3 Å². The zero-order valence-electron chi connectivity index (χ0n) is 15.0. The summed E-state index contributed by atoms with van der Waals surface area (Å²) < 4.78 is 29.3. The second kappa shape index (κ2) is 7.63. The summed E-state index contributed by atoms with van der Waals surface area (Å²) >= 11 is 7.48. The lowest BCUT2D eigenvalue weighted by Crippen LogP contribution is -2.26. The van der Waals surface area contributed by atoms with Crippen LogP contribution in [0.1, 0.15) is 11.3 Å². The number of nitrogens with one attached hydrogen (secondary N) is 1. The van der Waals surface area contributed by atoms with E-state index in [1.807, 2.05) is 36.6 Å². The smallest absolute Gasteiger partial charge is 0.211 e. The highest BCUT2D eigenvalue weighted by atomic mass is 35.5. The molecule has 2 aromatic carbocycles. The first-order valence-electron chi connectivity index (χ1n) is 8.59. The summed E-state index contributed by atoms with van der Waals surface area (Å²) in [4.78, 5) is 5.45. The molecule has 0 aliphatic heterocycles. The minimum absolute atomic E-state index is 0.0785. The highest BCUT2D eigenvalue weighted by Gasteiger charge is 2.18. The van der Waals surface area contributed by atoms with Gasteiger partial charge in [-0.25, -0.2) is 17.7 Å². The van der Waals surface area contributed by atoms with Gasteiger partial charge in [-0.15, -0.1) is 16.4 Å². The molecule has 0 bridgehead atoms. The molecule has 4 aromatic rings. The molecular weight excluding hydrogens is 416 g/mol. The topological polar surface area (TPSA) is 76.4 Å². The standard InChI is InChI=1S/C19H17ClN4O2S2/c1-13-6-2-3-7-15(13)18-22-19-24(23-18)14(12-27-19)10-11-21-28(25,26)17-9-5-4-8-16(17)20/h2-9,12,21H,10-11H2,1H3. The van der Waals surface area contributed by atoms with E-state index >= 15 is 0 Å². The molecule has 1 N–H and O–H groups in total. The molecule has 0 spiro atoms. The molecule has 9 heteroatoms. The maximum Gasteiger partial charge on any atom is 0.242 e. The Kier molecular flexibility index (Phi) is 5.20. The van der Waals surface area contributed by atoms with E-state index < -0.39 is 10.0 Å². The lowest BCUT2D eigenvalue weighted by molar-refractivity contribution is 0.581. The lowest BCUT2D eigenvalue weighted by Gasteiger charge is -2.07. The van der Waals surface area contributed by atoms with Crippen molar-refractivity contribution < 1.29 is 8.42 Å². The Bertz CT molecular complexity index is 1250. The van der Waals surface area contributed by atoms with E-state index in [1.54, 1.807) is 22.7 Å². The van der Waals surface area contributed by atoms with Crippen molar-refractivity contribution in [2.45, 2.75) is 18.2 Å². The fourth-order valence-corrected chi connectivity index (χ4v) is 5.29. The van der Waals surface area contributed by atoms with Crippen molar-refractivity contribution in [3.05, 3.63) is 70.2 Å². The van der Waals surface area contributed by atoms with Gasteiger partial charge in [-0.1, -0.05) is 48.0 Å². The Morgan fingerprint density at radius 1 is 1.14 bits per heavy atom. The number of benzene rings is 2. The third-order valence-electron chi connectivity index (χ3n) is 4.34. The third-order valence-corrected chi connectivity index (χ3v) is 7.16. The predicted molar refractivity (Wildman–Crippen MR) is 111 cm³/mol. The van der Waals surface area contributed by atoms with Crippen molar-refractivity contribution in [3.8, 4) is 11.4 Å². The molecular formula is C19H17ClN4O2S2. The van der Waals surface area contributed by atoms with Gasteiger partial charge in [0.2, 0.25) is 15.0 Å². The molecule has 4 rings (SSSR count).